The van der Waals surface area contributed by atoms with Gasteiger partial charge in [0.1, 0.15) is 0 Å². The third kappa shape index (κ3) is 2.89. The highest BCUT2D eigenvalue weighted by molar-refractivity contribution is 6.31. The van der Waals surface area contributed by atoms with Crippen molar-refractivity contribution >= 4 is 28.5 Å². The van der Waals surface area contributed by atoms with E-state index in [0.29, 0.717) is 17.3 Å². The quantitative estimate of drug-likeness (QED) is 0.811. The van der Waals surface area contributed by atoms with Crippen molar-refractivity contribution in [3.63, 3.8) is 0 Å². The number of esters is 1. The Morgan fingerprint density at radius 2 is 2.38 bits per heavy atom. The number of benzene rings is 1. The second-order valence-electron chi connectivity index (χ2n) is 5.06. The second-order valence-corrected chi connectivity index (χ2v) is 5.50. The van der Waals surface area contributed by atoms with E-state index in [1.807, 2.05) is 6.07 Å². The molecule has 3 rings (SSSR count). The van der Waals surface area contributed by atoms with Gasteiger partial charge in [-0.3, -0.25) is 4.79 Å². The van der Waals surface area contributed by atoms with Gasteiger partial charge in [0.25, 0.3) is 0 Å². The molecule has 5 nitrogen and oxygen atoms in total. The van der Waals surface area contributed by atoms with Crippen LogP contribution in [0.3, 0.4) is 0 Å². The van der Waals surface area contributed by atoms with Crippen LogP contribution in [0.1, 0.15) is 38.8 Å². The highest BCUT2D eigenvalue weighted by Crippen LogP contribution is 2.33. The maximum Gasteiger partial charge on any atom is 0.312 e. The van der Waals surface area contributed by atoms with Gasteiger partial charge in [0.2, 0.25) is 5.88 Å². The Hall–Kier alpha value is -1.59. The van der Waals surface area contributed by atoms with Crippen LogP contribution in [0, 0.1) is 0 Å². The summed E-state index contributed by atoms with van der Waals surface area (Å²) in [5.41, 5.74) is 0.866. The Bertz CT molecular complexity index is 662. The zero-order chi connectivity index (χ0) is 14.8. The Kier molecular flexibility index (Phi) is 4.12. The number of fused-ring (bicyclic) bond motifs is 1. The minimum absolute atomic E-state index is 0.114. The van der Waals surface area contributed by atoms with E-state index in [-0.39, 0.29) is 12.2 Å². The zero-order valence-electron chi connectivity index (χ0n) is 11.8. The molecular weight excluding hydrogens is 292 g/mol. The topological polar surface area (TPSA) is 53.3 Å². The monoisotopic (exact) mass is 308 g/mol. The highest BCUT2D eigenvalue weighted by Gasteiger charge is 2.22. The predicted molar refractivity (Wildman–Crippen MR) is 79.5 cm³/mol. The average Bonchev–Trinajstić information content (AvgIpc) is 2.86. The van der Waals surface area contributed by atoms with E-state index in [1.54, 1.807) is 23.7 Å². The van der Waals surface area contributed by atoms with Crippen molar-refractivity contribution in [1.29, 1.82) is 0 Å². The molecule has 0 spiro atoms. The van der Waals surface area contributed by atoms with Crippen LogP contribution >= 0.6 is 11.6 Å². The van der Waals surface area contributed by atoms with Crippen LogP contribution in [0.4, 0.5) is 0 Å². The van der Waals surface area contributed by atoms with Gasteiger partial charge in [0.15, 0.2) is 6.23 Å². The minimum Gasteiger partial charge on any atom is -0.405 e. The summed E-state index contributed by atoms with van der Waals surface area (Å²) in [6.07, 6.45) is 3.26. The van der Waals surface area contributed by atoms with E-state index in [1.165, 1.54) is 0 Å². The molecule has 0 N–H and O–H groups in total. The van der Waals surface area contributed by atoms with Crippen molar-refractivity contribution in [2.24, 2.45) is 0 Å². The smallest absolute Gasteiger partial charge is 0.312 e. The molecule has 1 aromatic carbocycles. The lowest BCUT2D eigenvalue weighted by molar-refractivity contribution is -0.134. The lowest BCUT2D eigenvalue weighted by Crippen LogP contribution is -2.19. The molecule has 112 valence electrons. The number of aromatic nitrogens is 2. The first kappa shape index (κ1) is 14.4. The zero-order valence-corrected chi connectivity index (χ0v) is 12.6. The number of carbonyl (C=O) groups is 1. The molecule has 2 heterocycles. The first-order valence-electron chi connectivity index (χ1n) is 7.19. The van der Waals surface area contributed by atoms with Gasteiger partial charge in [-0.2, -0.15) is 0 Å². The molecule has 21 heavy (non-hydrogen) atoms. The van der Waals surface area contributed by atoms with Crippen LogP contribution in [0.5, 0.6) is 5.88 Å². The first-order chi connectivity index (χ1) is 10.2. The second kappa shape index (κ2) is 6.03. The lowest BCUT2D eigenvalue weighted by Gasteiger charge is -2.23. The molecule has 1 unspecified atom stereocenters. The number of nitrogens with zero attached hydrogens (tertiary/aromatic N) is 2. The largest absolute Gasteiger partial charge is 0.405 e. The van der Waals surface area contributed by atoms with Gasteiger partial charge in [0, 0.05) is 18.1 Å². The maximum atomic E-state index is 11.6. The number of carbonyl (C=O) groups excluding carboxylic acids is 1. The summed E-state index contributed by atoms with van der Waals surface area (Å²) < 4.78 is 12.9. The molecule has 1 aliphatic heterocycles. The van der Waals surface area contributed by atoms with E-state index >= 15 is 0 Å². The molecule has 0 radical (unpaired) electrons. The molecule has 0 saturated carbocycles. The Labute approximate surface area is 127 Å². The van der Waals surface area contributed by atoms with Gasteiger partial charge in [-0.05, 0) is 37.5 Å². The molecule has 1 atom stereocenters. The molecule has 1 saturated heterocycles. The summed E-state index contributed by atoms with van der Waals surface area (Å²) in [5, 5.41) is 5.75. The lowest BCUT2D eigenvalue weighted by atomic mass is 10.2. The van der Waals surface area contributed by atoms with E-state index < -0.39 is 0 Å². The third-order valence-electron chi connectivity index (χ3n) is 3.56. The summed E-state index contributed by atoms with van der Waals surface area (Å²) in [6.45, 7) is 2.47. The van der Waals surface area contributed by atoms with Gasteiger partial charge in [-0.1, -0.05) is 18.5 Å². The van der Waals surface area contributed by atoms with Crippen molar-refractivity contribution in [1.82, 2.24) is 9.78 Å². The molecule has 0 bridgehead atoms. The molecule has 1 aromatic heterocycles. The summed E-state index contributed by atoms with van der Waals surface area (Å²) in [7, 11) is 0. The van der Waals surface area contributed by atoms with Crippen LogP contribution in [0.15, 0.2) is 18.2 Å². The fourth-order valence-corrected chi connectivity index (χ4v) is 2.65. The van der Waals surface area contributed by atoms with Crippen molar-refractivity contribution in [3.8, 4) is 5.88 Å². The van der Waals surface area contributed by atoms with E-state index in [0.717, 1.165) is 36.8 Å². The van der Waals surface area contributed by atoms with Crippen molar-refractivity contribution < 1.29 is 14.3 Å². The SMILES string of the molecule is CCC(=O)Oc1nn(C2CCCCO2)c2ccc(Cl)cc12. The standard InChI is InChI=1S/C15H17ClN2O3/c1-2-14(19)21-15-11-9-10(16)6-7-12(11)18(17-15)13-5-3-4-8-20-13/h6-7,9,13H,2-5,8H2,1H3. The molecule has 1 aliphatic rings. The fourth-order valence-electron chi connectivity index (χ4n) is 2.48. The Morgan fingerprint density at radius 3 is 3.10 bits per heavy atom. The van der Waals surface area contributed by atoms with Crippen molar-refractivity contribution in [2.45, 2.75) is 38.8 Å². The molecule has 2 aromatic rings. The minimum atomic E-state index is -0.314. The van der Waals surface area contributed by atoms with E-state index in [9.17, 15) is 4.79 Å². The van der Waals surface area contributed by atoms with E-state index in [2.05, 4.69) is 5.10 Å². The molecule has 0 amide bonds. The normalized spacial score (nSPS) is 18.9. The third-order valence-corrected chi connectivity index (χ3v) is 3.80. The summed E-state index contributed by atoms with van der Waals surface area (Å²) >= 11 is 6.05. The Morgan fingerprint density at radius 1 is 1.52 bits per heavy atom. The van der Waals surface area contributed by atoms with Gasteiger partial charge < -0.3 is 9.47 Å². The number of rotatable bonds is 3. The number of hydrogen-bond donors (Lipinski definition) is 0. The average molecular weight is 309 g/mol. The molecule has 0 aliphatic carbocycles. The number of hydrogen-bond acceptors (Lipinski definition) is 4. The maximum absolute atomic E-state index is 11.6. The summed E-state index contributed by atoms with van der Waals surface area (Å²) in [5.74, 6) is -0.0142. The molecular formula is C15H17ClN2O3. The van der Waals surface area contributed by atoms with Crippen molar-refractivity contribution in [2.75, 3.05) is 6.61 Å². The number of ether oxygens (including phenoxy) is 2. The summed E-state index contributed by atoms with van der Waals surface area (Å²) in [4.78, 5) is 11.6. The van der Waals surface area contributed by atoms with E-state index in [4.69, 9.17) is 21.1 Å². The number of halogens is 1. The predicted octanol–water partition coefficient (Wildman–Crippen LogP) is 3.70. The van der Waals surface area contributed by atoms with Gasteiger partial charge >= 0.3 is 5.97 Å². The molecule has 6 heteroatoms. The molecule has 1 fully saturated rings. The van der Waals surface area contributed by atoms with Crippen LogP contribution in [0.25, 0.3) is 10.9 Å². The van der Waals surface area contributed by atoms with Gasteiger partial charge in [0.05, 0.1) is 10.9 Å². The van der Waals surface area contributed by atoms with Crippen LogP contribution in [-0.2, 0) is 9.53 Å². The van der Waals surface area contributed by atoms with Crippen LogP contribution < -0.4 is 4.74 Å². The van der Waals surface area contributed by atoms with Gasteiger partial charge in [-0.25, -0.2) is 4.68 Å². The highest BCUT2D eigenvalue weighted by atomic mass is 35.5. The van der Waals surface area contributed by atoms with Crippen molar-refractivity contribution in [3.05, 3.63) is 23.2 Å². The van der Waals surface area contributed by atoms with Gasteiger partial charge in [-0.15, -0.1) is 5.10 Å². The first-order valence-corrected chi connectivity index (χ1v) is 7.57. The van der Waals surface area contributed by atoms with Crippen LogP contribution in [0.2, 0.25) is 5.02 Å². The summed E-state index contributed by atoms with van der Waals surface area (Å²) in [6, 6.07) is 5.45. The fraction of sp³-hybridized carbons (Fsp3) is 0.467. The Balaban J connectivity index is 2.05. The van der Waals surface area contributed by atoms with Crippen LogP contribution in [-0.4, -0.2) is 22.4 Å².